The minimum Gasteiger partial charge on any atom is -0.377 e. The van der Waals surface area contributed by atoms with Crippen molar-refractivity contribution in [1.82, 2.24) is 5.32 Å². The van der Waals surface area contributed by atoms with Gasteiger partial charge in [-0.3, -0.25) is 0 Å². The van der Waals surface area contributed by atoms with Gasteiger partial charge in [-0.15, -0.1) is 0 Å². The highest BCUT2D eigenvalue weighted by atomic mass is 16.5. The predicted octanol–water partition coefficient (Wildman–Crippen LogP) is 1.56. The van der Waals surface area contributed by atoms with Gasteiger partial charge in [-0.05, 0) is 25.8 Å². The predicted molar refractivity (Wildman–Crippen MR) is 46.8 cm³/mol. The average Bonchev–Trinajstić information content (AvgIpc) is 2.07. The number of nitrogens with one attached hydrogen (secondary N) is 1. The maximum atomic E-state index is 5.66. The number of hydrogen-bond donors (Lipinski definition) is 1. The van der Waals surface area contributed by atoms with Crippen LogP contribution in [0, 0.1) is 0 Å². The normalized spacial score (nSPS) is 25.4. The summed E-state index contributed by atoms with van der Waals surface area (Å²) in [6.07, 6.45) is 5.46. The third kappa shape index (κ3) is 3.73. The molecule has 0 saturated carbocycles. The molecule has 66 valence electrons. The maximum absolute atomic E-state index is 5.66. The highest BCUT2D eigenvalue weighted by molar-refractivity contribution is 4.68. The molecule has 0 aromatic rings. The van der Waals surface area contributed by atoms with Crippen molar-refractivity contribution >= 4 is 0 Å². The Kier molecular flexibility index (Phi) is 4.55. The standard InChI is InChI=1S/C9H19NO/c1-2-3-7-11-9-5-4-6-10-8-9/h9-10H,2-8H2,1H3/t9-/m1/s1. The first-order chi connectivity index (χ1) is 5.43. The van der Waals surface area contributed by atoms with Crippen LogP contribution in [-0.4, -0.2) is 25.8 Å². The molecule has 0 aromatic carbocycles. The Balaban J connectivity index is 1.96. The van der Waals surface area contributed by atoms with E-state index >= 15 is 0 Å². The SMILES string of the molecule is CCCCO[C@@H]1CCCNC1. The Bertz CT molecular complexity index is 89.6. The van der Waals surface area contributed by atoms with E-state index in [9.17, 15) is 0 Å². The highest BCUT2D eigenvalue weighted by Crippen LogP contribution is 2.06. The Labute approximate surface area is 69.3 Å². The highest BCUT2D eigenvalue weighted by Gasteiger charge is 2.11. The first kappa shape index (κ1) is 9.01. The van der Waals surface area contributed by atoms with Crippen molar-refractivity contribution < 1.29 is 4.74 Å². The van der Waals surface area contributed by atoms with Crippen LogP contribution in [0.2, 0.25) is 0 Å². The lowest BCUT2D eigenvalue weighted by Gasteiger charge is -2.22. The number of piperidine rings is 1. The van der Waals surface area contributed by atoms with E-state index in [1.807, 2.05) is 0 Å². The molecular formula is C9H19NO. The smallest absolute Gasteiger partial charge is 0.0699 e. The quantitative estimate of drug-likeness (QED) is 0.625. The molecule has 1 N–H and O–H groups in total. The molecule has 1 atom stereocenters. The third-order valence-electron chi connectivity index (χ3n) is 2.10. The molecule has 2 nitrogen and oxygen atoms in total. The first-order valence-electron chi connectivity index (χ1n) is 4.76. The van der Waals surface area contributed by atoms with Crippen molar-refractivity contribution in [3.63, 3.8) is 0 Å². The fraction of sp³-hybridized carbons (Fsp3) is 1.00. The third-order valence-corrected chi connectivity index (χ3v) is 2.10. The van der Waals surface area contributed by atoms with Crippen molar-refractivity contribution in [2.45, 2.75) is 38.7 Å². The Morgan fingerprint density at radius 1 is 1.55 bits per heavy atom. The van der Waals surface area contributed by atoms with Gasteiger partial charge in [0.05, 0.1) is 6.10 Å². The second-order valence-electron chi connectivity index (χ2n) is 3.19. The topological polar surface area (TPSA) is 21.3 Å². The summed E-state index contributed by atoms with van der Waals surface area (Å²) in [4.78, 5) is 0. The van der Waals surface area contributed by atoms with Gasteiger partial charge in [-0.25, -0.2) is 0 Å². The van der Waals surface area contributed by atoms with Crippen LogP contribution in [0.5, 0.6) is 0 Å². The summed E-state index contributed by atoms with van der Waals surface area (Å²) in [6, 6.07) is 0. The summed E-state index contributed by atoms with van der Waals surface area (Å²) < 4.78 is 5.66. The molecule has 0 spiro atoms. The average molecular weight is 157 g/mol. The molecule has 1 fully saturated rings. The summed E-state index contributed by atoms with van der Waals surface area (Å²) >= 11 is 0. The number of hydrogen-bond acceptors (Lipinski definition) is 2. The number of ether oxygens (including phenoxy) is 1. The van der Waals surface area contributed by atoms with E-state index in [4.69, 9.17) is 4.74 Å². The fourth-order valence-electron chi connectivity index (χ4n) is 1.36. The summed E-state index contributed by atoms with van der Waals surface area (Å²) in [5, 5.41) is 3.34. The minimum absolute atomic E-state index is 0.496. The second-order valence-corrected chi connectivity index (χ2v) is 3.19. The molecule has 0 amide bonds. The summed E-state index contributed by atoms with van der Waals surface area (Å²) in [5.41, 5.74) is 0. The lowest BCUT2D eigenvalue weighted by molar-refractivity contribution is 0.0354. The zero-order valence-corrected chi connectivity index (χ0v) is 7.44. The molecule has 0 bridgehead atoms. The van der Waals surface area contributed by atoms with Gasteiger partial charge in [0.15, 0.2) is 0 Å². The zero-order valence-electron chi connectivity index (χ0n) is 7.44. The molecule has 0 aliphatic carbocycles. The largest absolute Gasteiger partial charge is 0.377 e. The van der Waals surface area contributed by atoms with Crippen LogP contribution >= 0.6 is 0 Å². The second kappa shape index (κ2) is 5.56. The van der Waals surface area contributed by atoms with Crippen LogP contribution in [0.3, 0.4) is 0 Å². The van der Waals surface area contributed by atoms with E-state index in [0.29, 0.717) is 6.10 Å². The van der Waals surface area contributed by atoms with Gasteiger partial charge in [0.1, 0.15) is 0 Å². The van der Waals surface area contributed by atoms with Crippen LogP contribution in [0.15, 0.2) is 0 Å². The molecule has 1 saturated heterocycles. The van der Waals surface area contributed by atoms with E-state index in [2.05, 4.69) is 12.2 Å². The Morgan fingerprint density at radius 3 is 3.09 bits per heavy atom. The van der Waals surface area contributed by atoms with Gasteiger partial charge in [0.25, 0.3) is 0 Å². The zero-order chi connectivity index (χ0) is 7.94. The van der Waals surface area contributed by atoms with Gasteiger partial charge in [0.2, 0.25) is 0 Å². The van der Waals surface area contributed by atoms with Gasteiger partial charge < -0.3 is 10.1 Å². The van der Waals surface area contributed by atoms with Crippen LogP contribution in [0.25, 0.3) is 0 Å². The van der Waals surface area contributed by atoms with E-state index in [-0.39, 0.29) is 0 Å². The Hall–Kier alpha value is -0.0800. The summed E-state index contributed by atoms with van der Waals surface area (Å²) in [6.45, 7) is 5.38. The molecular weight excluding hydrogens is 138 g/mol. The van der Waals surface area contributed by atoms with Crippen molar-refractivity contribution in [3.05, 3.63) is 0 Å². The number of rotatable bonds is 4. The van der Waals surface area contributed by atoms with Crippen LogP contribution in [0.4, 0.5) is 0 Å². The van der Waals surface area contributed by atoms with Crippen LogP contribution < -0.4 is 5.32 Å². The van der Waals surface area contributed by atoms with E-state index in [1.54, 1.807) is 0 Å². The van der Waals surface area contributed by atoms with E-state index in [1.165, 1.54) is 32.2 Å². The van der Waals surface area contributed by atoms with Gasteiger partial charge in [0, 0.05) is 13.2 Å². The monoisotopic (exact) mass is 157 g/mol. The van der Waals surface area contributed by atoms with E-state index < -0.39 is 0 Å². The van der Waals surface area contributed by atoms with Crippen LogP contribution in [-0.2, 0) is 4.74 Å². The van der Waals surface area contributed by atoms with Crippen molar-refractivity contribution in [1.29, 1.82) is 0 Å². The number of unbranched alkanes of at least 4 members (excludes halogenated alkanes) is 1. The molecule has 0 aromatic heterocycles. The van der Waals surface area contributed by atoms with Crippen molar-refractivity contribution in [2.75, 3.05) is 19.7 Å². The van der Waals surface area contributed by atoms with Gasteiger partial charge in [-0.2, -0.15) is 0 Å². The molecule has 11 heavy (non-hydrogen) atoms. The summed E-state index contributed by atoms with van der Waals surface area (Å²) in [7, 11) is 0. The molecule has 1 aliphatic rings. The molecule has 0 radical (unpaired) electrons. The lowest BCUT2D eigenvalue weighted by atomic mass is 10.1. The first-order valence-corrected chi connectivity index (χ1v) is 4.76. The minimum atomic E-state index is 0.496. The Morgan fingerprint density at radius 2 is 2.45 bits per heavy atom. The van der Waals surface area contributed by atoms with Crippen LogP contribution in [0.1, 0.15) is 32.6 Å². The fourth-order valence-corrected chi connectivity index (χ4v) is 1.36. The van der Waals surface area contributed by atoms with Crippen molar-refractivity contribution in [2.24, 2.45) is 0 Å². The molecule has 2 heteroatoms. The molecule has 0 unspecified atom stereocenters. The van der Waals surface area contributed by atoms with Crippen molar-refractivity contribution in [3.8, 4) is 0 Å². The molecule has 1 aliphatic heterocycles. The van der Waals surface area contributed by atoms with Gasteiger partial charge >= 0.3 is 0 Å². The maximum Gasteiger partial charge on any atom is 0.0699 e. The van der Waals surface area contributed by atoms with E-state index in [0.717, 1.165) is 13.2 Å². The summed E-state index contributed by atoms with van der Waals surface area (Å²) in [5.74, 6) is 0. The lowest BCUT2D eigenvalue weighted by Crippen LogP contribution is -2.35. The molecule has 1 rings (SSSR count). The van der Waals surface area contributed by atoms with Gasteiger partial charge in [-0.1, -0.05) is 13.3 Å². The molecule has 1 heterocycles.